The minimum atomic E-state index is 0.326. The SMILES string of the molecule is C=C(Nc1cncc(-c2ccc3[nH]nc(-c4cc5c(-c6ccc(C)s6)nccc5[nH]4)c3n2)c1)C(C)C. The van der Waals surface area contributed by atoms with Crippen LogP contribution >= 0.6 is 11.3 Å². The molecule has 6 aromatic heterocycles. The molecule has 8 heteroatoms. The van der Waals surface area contributed by atoms with E-state index in [0.29, 0.717) is 5.92 Å². The number of pyridine rings is 3. The molecule has 6 heterocycles. The van der Waals surface area contributed by atoms with Crippen molar-refractivity contribution in [2.45, 2.75) is 20.8 Å². The Morgan fingerprint density at radius 3 is 2.72 bits per heavy atom. The van der Waals surface area contributed by atoms with Gasteiger partial charge < -0.3 is 10.3 Å². The quantitative estimate of drug-likeness (QED) is 0.229. The number of fused-ring (bicyclic) bond motifs is 2. The molecule has 0 fully saturated rings. The number of aryl methyl sites for hydroxylation is 1. The molecular weight excluding hydrogens is 466 g/mol. The zero-order valence-corrected chi connectivity index (χ0v) is 21.1. The largest absolute Gasteiger partial charge is 0.358 e. The van der Waals surface area contributed by atoms with E-state index in [4.69, 9.17) is 4.98 Å². The van der Waals surface area contributed by atoms with E-state index in [9.17, 15) is 0 Å². The van der Waals surface area contributed by atoms with Gasteiger partial charge in [-0.2, -0.15) is 5.10 Å². The van der Waals surface area contributed by atoms with Gasteiger partial charge in [0.2, 0.25) is 0 Å². The van der Waals surface area contributed by atoms with Gasteiger partial charge in [0.05, 0.1) is 39.4 Å². The number of H-pyrrole nitrogens is 2. The van der Waals surface area contributed by atoms with E-state index in [1.54, 1.807) is 17.5 Å². The van der Waals surface area contributed by atoms with Gasteiger partial charge in [-0.3, -0.25) is 15.1 Å². The standard InChI is InChI=1S/C28H25N7S/c1-15(2)17(4)31-19-11-18(13-29-14-19)21-6-7-23-27(33-21)28(35-34-23)24-12-20-22(32-24)9-10-30-26(20)25-8-5-16(3)36-25/h5-15,31-32H,4H2,1-3H3,(H,34,35). The summed E-state index contributed by atoms with van der Waals surface area (Å²) < 4.78 is 0. The number of aromatic nitrogens is 6. The first kappa shape index (κ1) is 22.2. The summed E-state index contributed by atoms with van der Waals surface area (Å²) in [5, 5.41) is 12.1. The molecule has 0 aliphatic rings. The average molecular weight is 492 g/mol. The molecule has 0 radical (unpaired) electrons. The highest BCUT2D eigenvalue weighted by Crippen LogP contribution is 2.35. The third-order valence-corrected chi connectivity index (χ3v) is 7.23. The van der Waals surface area contributed by atoms with Crippen LogP contribution in [0.1, 0.15) is 18.7 Å². The summed E-state index contributed by atoms with van der Waals surface area (Å²) >= 11 is 1.74. The first-order valence-corrected chi connectivity index (χ1v) is 12.6. The van der Waals surface area contributed by atoms with Crippen molar-refractivity contribution in [3.8, 4) is 33.2 Å². The van der Waals surface area contributed by atoms with Gasteiger partial charge in [-0.05, 0) is 55.3 Å². The minimum absolute atomic E-state index is 0.326. The Labute approximate surface area is 212 Å². The molecule has 0 amide bonds. The molecule has 178 valence electrons. The van der Waals surface area contributed by atoms with Gasteiger partial charge in [0.25, 0.3) is 0 Å². The van der Waals surface area contributed by atoms with Gasteiger partial charge in [-0.25, -0.2) is 4.98 Å². The van der Waals surface area contributed by atoms with Crippen LogP contribution in [0, 0.1) is 12.8 Å². The number of rotatable bonds is 6. The Kier molecular flexibility index (Phi) is 5.38. The number of aromatic amines is 2. The molecule has 0 spiro atoms. The summed E-state index contributed by atoms with van der Waals surface area (Å²) in [4.78, 5) is 20.0. The summed E-state index contributed by atoms with van der Waals surface area (Å²) in [6.07, 6.45) is 5.46. The zero-order valence-electron chi connectivity index (χ0n) is 20.3. The second-order valence-corrected chi connectivity index (χ2v) is 10.4. The van der Waals surface area contributed by atoms with Gasteiger partial charge in [0.1, 0.15) is 11.2 Å². The summed E-state index contributed by atoms with van der Waals surface area (Å²) in [6, 6.07) is 14.4. The van der Waals surface area contributed by atoms with Crippen molar-refractivity contribution in [3.05, 3.63) is 78.2 Å². The number of anilines is 1. The molecule has 36 heavy (non-hydrogen) atoms. The van der Waals surface area contributed by atoms with E-state index in [1.807, 2.05) is 36.7 Å². The predicted octanol–water partition coefficient (Wildman–Crippen LogP) is 7.18. The van der Waals surface area contributed by atoms with E-state index < -0.39 is 0 Å². The van der Waals surface area contributed by atoms with Gasteiger partial charge in [0.15, 0.2) is 0 Å². The lowest BCUT2D eigenvalue weighted by molar-refractivity contribution is 0.778. The van der Waals surface area contributed by atoms with Crippen LogP contribution in [-0.2, 0) is 0 Å². The van der Waals surface area contributed by atoms with Gasteiger partial charge in [0, 0.05) is 39.4 Å². The third-order valence-electron chi connectivity index (χ3n) is 6.22. The van der Waals surface area contributed by atoms with Crippen LogP contribution in [-0.4, -0.2) is 30.1 Å². The lowest BCUT2D eigenvalue weighted by Gasteiger charge is -2.13. The molecule has 0 aliphatic carbocycles. The maximum absolute atomic E-state index is 4.97. The molecule has 0 saturated heterocycles. The van der Waals surface area contributed by atoms with E-state index >= 15 is 0 Å². The van der Waals surface area contributed by atoms with Gasteiger partial charge in [-0.15, -0.1) is 11.3 Å². The monoisotopic (exact) mass is 491 g/mol. The van der Waals surface area contributed by atoms with Crippen LogP contribution in [0.2, 0.25) is 0 Å². The first-order valence-electron chi connectivity index (χ1n) is 11.8. The van der Waals surface area contributed by atoms with Crippen LogP contribution in [0.4, 0.5) is 5.69 Å². The van der Waals surface area contributed by atoms with Crippen LogP contribution in [0.5, 0.6) is 0 Å². The third kappa shape index (κ3) is 3.95. The molecular formula is C28H25N7S. The number of nitrogens with one attached hydrogen (secondary N) is 3. The number of hydrogen-bond acceptors (Lipinski definition) is 6. The highest BCUT2D eigenvalue weighted by Gasteiger charge is 2.16. The van der Waals surface area contributed by atoms with Crippen molar-refractivity contribution in [3.63, 3.8) is 0 Å². The van der Waals surface area contributed by atoms with Crippen molar-refractivity contribution < 1.29 is 0 Å². The van der Waals surface area contributed by atoms with Gasteiger partial charge in [-0.1, -0.05) is 20.4 Å². The van der Waals surface area contributed by atoms with E-state index in [1.165, 1.54) is 4.88 Å². The molecule has 0 saturated carbocycles. The second-order valence-electron chi connectivity index (χ2n) is 9.15. The van der Waals surface area contributed by atoms with Crippen LogP contribution in [0.15, 0.2) is 73.3 Å². The maximum atomic E-state index is 4.97. The summed E-state index contributed by atoms with van der Waals surface area (Å²) in [6.45, 7) is 10.4. The van der Waals surface area contributed by atoms with Crippen molar-refractivity contribution in [2.75, 3.05) is 5.32 Å². The fourth-order valence-corrected chi connectivity index (χ4v) is 5.04. The normalized spacial score (nSPS) is 11.6. The minimum Gasteiger partial charge on any atom is -0.358 e. The zero-order chi connectivity index (χ0) is 24.8. The molecule has 0 unspecified atom stereocenters. The van der Waals surface area contributed by atoms with E-state index in [-0.39, 0.29) is 0 Å². The Morgan fingerprint density at radius 1 is 1.03 bits per heavy atom. The van der Waals surface area contributed by atoms with Crippen LogP contribution < -0.4 is 5.32 Å². The van der Waals surface area contributed by atoms with Crippen LogP contribution in [0.25, 0.3) is 55.2 Å². The molecule has 3 N–H and O–H groups in total. The fourth-order valence-electron chi connectivity index (χ4n) is 4.17. The molecule has 6 aromatic rings. The van der Waals surface area contributed by atoms with Crippen molar-refractivity contribution in [2.24, 2.45) is 5.92 Å². The smallest absolute Gasteiger partial charge is 0.135 e. The summed E-state index contributed by atoms with van der Waals surface area (Å²) in [5.41, 5.74) is 8.89. The second kappa shape index (κ2) is 8.73. The number of thiophene rings is 1. The van der Waals surface area contributed by atoms with E-state index in [2.05, 4.69) is 76.0 Å². The number of hydrogen-bond donors (Lipinski definition) is 3. The predicted molar refractivity (Wildman–Crippen MR) is 148 cm³/mol. The van der Waals surface area contributed by atoms with E-state index in [0.717, 1.165) is 66.5 Å². The number of nitrogens with zero attached hydrogens (tertiary/aromatic N) is 4. The molecule has 0 aromatic carbocycles. The van der Waals surface area contributed by atoms with Gasteiger partial charge >= 0.3 is 0 Å². The maximum Gasteiger partial charge on any atom is 0.135 e. The fraction of sp³-hybridized carbons (Fsp3) is 0.143. The highest BCUT2D eigenvalue weighted by molar-refractivity contribution is 7.15. The molecule has 0 atom stereocenters. The summed E-state index contributed by atoms with van der Waals surface area (Å²) in [7, 11) is 0. The van der Waals surface area contributed by atoms with Crippen LogP contribution in [0.3, 0.4) is 0 Å². The highest BCUT2D eigenvalue weighted by atomic mass is 32.1. The Morgan fingerprint density at radius 2 is 1.92 bits per heavy atom. The molecule has 0 bridgehead atoms. The average Bonchev–Trinajstić information content (AvgIpc) is 3.61. The summed E-state index contributed by atoms with van der Waals surface area (Å²) in [5.74, 6) is 0.326. The Hall–Kier alpha value is -4.30. The van der Waals surface area contributed by atoms with Crippen molar-refractivity contribution >= 4 is 39.0 Å². The van der Waals surface area contributed by atoms with Crippen molar-refractivity contribution in [1.82, 2.24) is 30.1 Å². The molecule has 0 aliphatic heterocycles. The Balaban J connectivity index is 1.41. The molecule has 6 rings (SSSR count). The van der Waals surface area contributed by atoms with Crippen molar-refractivity contribution in [1.29, 1.82) is 0 Å². The topological polar surface area (TPSA) is 95.2 Å². The first-order chi connectivity index (χ1) is 17.5. The number of allylic oxidation sites excluding steroid dienone is 1. The Bertz CT molecular complexity index is 1740. The lowest BCUT2D eigenvalue weighted by atomic mass is 10.1. The molecule has 7 nitrogen and oxygen atoms in total. The lowest BCUT2D eigenvalue weighted by Crippen LogP contribution is -2.04.